The lowest BCUT2D eigenvalue weighted by molar-refractivity contribution is 0.705. The van der Waals surface area contributed by atoms with Crippen LogP contribution in [0.1, 0.15) is 24.9 Å². The molecule has 3 aromatic rings. The van der Waals surface area contributed by atoms with Crippen LogP contribution in [0.4, 0.5) is 0 Å². The molecular weight excluding hydrogens is 218 g/mol. The molecule has 3 aromatic carbocycles. The van der Waals surface area contributed by atoms with E-state index in [0.717, 1.165) is 6.42 Å². The molecule has 2 N–H and O–H groups in total. The quantitative estimate of drug-likeness (QED) is 0.654. The number of benzene rings is 3. The fourth-order valence-corrected chi connectivity index (χ4v) is 2.61. The van der Waals surface area contributed by atoms with Crippen LogP contribution in [0.15, 0.2) is 54.6 Å². The summed E-state index contributed by atoms with van der Waals surface area (Å²) in [5.74, 6) is 0. The summed E-state index contributed by atoms with van der Waals surface area (Å²) in [6, 6.07) is 19.4. The van der Waals surface area contributed by atoms with Gasteiger partial charge in [0.1, 0.15) is 0 Å². The Bertz CT molecular complexity index is 700. The molecule has 0 amide bonds. The predicted octanol–water partition coefficient (Wildman–Crippen LogP) is 4.40. The van der Waals surface area contributed by atoms with E-state index in [1.165, 1.54) is 27.1 Å². The second kappa shape index (κ2) is 4.43. The highest BCUT2D eigenvalue weighted by molar-refractivity contribution is 6.09. The lowest BCUT2D eigenvalue weighted by Gasteiger charge is -2.15. The number of fused-ring (bicyclic) bond motifs is 3. The van der Waals surface area contributed by atoms with Crippen molar-refractivity contribution in [2.24, 2.45) is 5.73 Å². The first-order valence-corrected chi connectivity index (χ1v) is 6.47. The molecule has 0 saturated carbocycles. The Balaban J connectivity index is 2.46. The van der Waals surface area contributed by atoms with Gasteiger partial charge in [-0.15, -0.1) is 0 Å². The molecule has 0 unspecified atom stereocenters. The lowest BCUT2D eigenvalue weighted by Crippen LogP contribution is -2.09. The second-order valence-corrected chi connectivity index (χ2v) is 4.75. The highest BCUT2D eigenvalue weighted by Crippen LogP contribution is 2.31. The lowest BCUT2D eigenvalue weighted by atomic mass is 9.93. The molecule has 1 nitrogen and oxygen atoms in total. The van der Waals surface area contributed by atoms with Gasteiger partial charge in [0.15, 0.2) is 0 Å². The van der Waals surface area contributed by atoms with Crippen LogP contribution in [0.2, 0.25) is 0 Å². The molecule has 0 bridgehead atoms. The van der Waals surface area contributed by atoms with Gasteiger partial charge in [0, 0.05) is 6.04 Å². The van der Waals surface area contributed by atoms with Crippen LogP contribution < -0.4 is 5.73 Å². The van der Waals surface area contributed by atoms with Gasteiger partial charge < -0.3 is 5.73 Å². The first-order chi connectivity index (χ1) is 8.81. The summed E-state index contributed by atoms with van der Waals surface area (Å²) in [6.45, 7) is 2.13. The third-order valence-electron chi connectivity index (χ3n) is 3.64. The molecule has 18 heavy (non-hydrogen) atoms. The number of nitrogens with two attached hydrogens (primary N) is 1. The van der Waals surface area contributed by atoms with Crippen molar-refractivity contribution in [3.8, 4) is 0 Å². The van der Waals surface area contributed by atoms with Crippen LogP contribution in [0.3, 0.4) is 0 Å². The van der Waals surface area contributed by atoms with E-state index in [-0.39, 0.29) is 6.04 Å². The van der Waals surface area contributed by atoms with Gasteiger partial charge in [-0.1, -0.05) is 55.5 Å². The van der Waals surface area contributed by atoms with E-state index < -0.39 is 0 Å². The zero-order valence-corrected chi connectivity index (χ0v) is 10.6. The van der Waals surface area contributed by atoms with Crippen LogP contribution in [-0.2, 0) is 0 Å². The Kier molecular flexibility index (Phi) is 2.77. The molecule has 0 radical (unpaired) electrons. The Morgan fingerprint density at radius 1 is 0.889 bits per heavy atom. The number of rotatable bonds is 2. The van der Waals surface area contributed by atoms with Gasteiger partial charge >= 0.3 is 0 Å². The Morgan fingerprint density at radius 2 is 1.50 bits per heavy atom. The van der Waals surface area contributed by atoms with Crippen LogP contribution in [-0.4, -0.2) is 0 Å². The SMILES string of the molecule is CC[C@H](N)c1cc2ccccc2c2ccccc12. The Labute approximate surface area is 107 Å². The van der Waals surface area contributed by atoms with Crippen molar-refractivity contribution in [3.63, 3.8) is 0 Å². The molecule has 0 heterocycles. The minimum atomic E-state index is 0.111. The molecule has 0 fully saturated rings. The summed E-state index contributed by atoms with van der Waals surface area (Å²) in [7, 11) is 0. The van der Waals surface area contributed by atoms with Gasteiger partial charge in [-0.3, -0.25) is 0 Å². The van der Waals surface area contributed by atoms with E-state index in [1.807, 2.05) is 0 Å². The van der Waals surface area contributed by atoms with Gasteiger partial charge in [-0.25, -0.2) is 0 Å². The van der Waals surface area contributed by atoms with E-state index in [9.17, 15) is 0 Å². The first-order valence-electron chi connectivity index (χ1n) is 6.47. The maximum absolute atomic E-state index is 6.25. The Morgan fingerprint density at radius 3 is 2.22 bits per heavy atom. The molecule has 0 aliphatic rings. The molecule has 0 saturated heterocycles. The molecule has 1 atom stereocenters. The topological polar surface area (TPSA) is 26.0 Å². The average Bonchev–Trinajstić information content (AvgIpc) is 2.45. The van der Waals surface area contributed by atoms with E-state index in [1.54, 1.807) is 0 Å². The standard InChI is InChI=1S/C17H17N/c1-2-17(18)16-11-12-7-3-4-8-13(12)14-9-5-6-10-15(14)16/h3-11,17H,2,18H2,1H3/t17-/m0/s1. The molecule has 3 rings (SSSR count). The minimum absolute atomic E-state index is 0.111. The molecule has 0 spiro atoms. The zero-order valence-electron chi connectivity index (χ0n) is 10.6. The summed E-state index contributed by atoms with van der Waals surface area (Å²) in [5, 5.41) is 5.16. The summed E-state index contributed by atoms with van der Waals surface area (Å²) in [6.07, 6.45) is 0.961. The highest BCUT2D eigenvalue weighted by atomic mass is 14.6. The summed E-state index contributed by atoms with van der Waals surface area (Å²) in [4.78, 5) is 0. The van der Waals surface area contributed by atoms with E-state index in [4.69, 9.17) is 5.73 Å². The molecule has 0 aliphatic carbocycles. The average molecular weight is 235 g/mol. The van der Waals surface area contributed by atoms with Crippen molar-refractivity contribution >= 4 is 21.5 Å². The maximum atomic E-state index is 6.25. The molecule has 90 valence electrons. The highest BCUT2D eigenvalue weighted by Gasteiger charge is 2.10. The van der Waals surface area contributed by atoms with Gasteiger partial charge in [0.25, 0.3) is 0 Å². The monoisotopic (exact) mass is 235 g/mol. The summed E-state index contributed by atoms with van der Waals surface area (Å²) >= 11 is 0. The predicted molar refractivity (Wildman–Crippen MR) is 78.7 cm³/mol. The van der Waals surface area contributed by atoms with Gasteiger partial charge in [0.05, 0.1) is 0 Å². The number of hydrogen-bond acceptors (Lipinski definition) is 1. The third kappa shape index (κ3) is 1.68. The Hall–Kier alpha value is -1.86. The fourth-order valence-electron chi connectivity index (χ4n) is 2.61. The van der Waals surface area contributed by atoms with Crippen molar-refractivity contribution in [1.82, 2.24) is 0 Å². The van der Waals surface area contributed by atoms with Crippen LogP contribution in [0, 0.1) is 0 Å². The molecular formula is C17H17N. The van der Waals surface area contributed by atoms with E-state index >= 15 is 0 Å². The van der Waals surface area contributed by atoms with E-state index in [0.29, 0.717) is 0 Å². The van der Waals surface area contributed by atoms with Crippen molar-refractivity contribution in [2.75, 3.05) is 0 Å². The van der Waals surface area contributed by atoms with Crippen LogP contribution >= 0.6 is 0 Å². The second-order valence-electron chi connectivity index (χ2n) is 4.75. The van der Waals surface area contributed by atoms with Crippen molar-refractivity contribution in [1.29, 1.82) is 0 Å². The molecule has 0 aliphatic heterocycles. The smallest absolute Gasteiger partial charge is 0.0298 e. The summed E-state index contributed by atoms with van der Waals surface area (Å²) in [5.41, 5.74) is 7.51. The third-order valence-corrected chi connectivity index (χ3v) is 3.64. The van der Waals surface area contributed by atoms with Crippen molar-refractivity contribution < 1.29 is 0 Å². The normalized spacial score (nSPS) is 13.0. The van der Waals surface area contributed by atoms with E-state index in [2.05, 4.69) is 61.5 Å². The first kappa shape index (κ1) is 11.2. The fraction of sp³-hybridized carbons (Fsp3) is 0.176. The van der Waals surface area contributed by atoms with Crippen molar-refractivity contribution in [2.45, 2.75) is 19.4 Å². The van der Waals surface area contributed by atoms with Gasteiger partial charge in [-0.05, 0) is 39.6 Å². The zero-order chi connectivity index (χ0) is 12.5. The minimum Gasteiger partial charge on any atom is -0.324 e. The number of hydrogen-bond donors (Lipinski definition) is 1. The maximum Gasteiger partial charge on any atom is 0.0298 e. The largest absolute Gasteiger partial charge is 0.324 e. The van der Waals surface area contributed by atoms with Crippen LogP contribution in [0.25, 0.3) is 21.5 Å². The van der Waals surface area contributed by atoms with Gasteiger partial charge in [-0.2, -0.15) is 0 Å². The summed E-state index contributed by atoms with van der Waals surface area (Å²) < 4.78 is 0. The van der Waals surface area contributed by atoms with Crippen LogP contribution in [0.5, 0.6) is 0 Å². The molecule has 1 heteroatoms. The van der Waals surface area contributed by atoms with Gasteiger partial charge in [0.2, 0.25) is 0 Å². The molecule has 0 aromatic heterocycles. The van der Waals surface area contributed by atoms with Crippen molar-refractivity contribution in [3.05, 3.63) is 60.2 Å².